The van der Waals surface area contributed by atoms with Gasteiger partial charge in [0.2, 0.25) is 0 Å². The topological polar surface area (TPSA) is 49.6 Å². The van der Waals surface area contributed by atoms with Crippen LogP contribution in [0.25, 0.3) is 11.4 Å². The third-order valence-electron chi connectivity index (χ3n) is 2.56. The largest absolute Gasteiger partial charge is 0.299 e. The second-order valence-corrected chi connectivity index (χ2v) is 4.99. The molecule has 2 aromatic rings. The molecule has 1 N–H and O–H groups in total. The molecule has 0 aliphatic rings. The summed E-state index contributed by atoms with van der Waals surface area (Å²) in [6.45, 7) is 1.94. The van der Waals surface area contributed by atoms with E-state index in [1.165, 1.54) is 0 Å². The van der Waals surface area contributed by atoms with Gasteiger partial charge < -0.3 is 0 Å². The van der Waals surface area contributed by atoms with Gasteiger partial charge in [-0.15, -0.1) is 0 Å². The smallest absolute Gasteiger partial charge is 0.0905 e. The average Bonchev–Trinajstić information content (AvgIpc) is 2.47. The maximum Gasteiger partial charge on any atom is 0.0905 e. The van der Waals surface area contributed by atoms with Gasteiger partial charge in [0, 0.05) is 10.7 Å². The zero-order valence-corrected chi connectivity index (χ0v) is 12.6. The summed E-state index contributed by atoms with van der Waals surface area (Å²) in [7, 11) is 0. The molecule has 4 heteroatoms. The van der Waals surface area contributed by atoms with E-state index < -0.39 is 0 Å². The van der Waals surface area contributed by atoms with Gasteiger partial charge in [-0.1, -0.05) is 40.2 Å². The van der Waals surface area contributed by atoms with Crippen molar-refractivity contribution in [1.82, 2.24) is 9.97 Å². The highest BCUT2D eigenvalue weighted by Crippen LogP contribution is 2.20. The van der Waals surface area contributed by atoms with Gasteiger partial charge in [-0.2, -0.15) is 0 Å². The molecule has 2 rings (SSSR count). The van der Waals surface area contributed by atoms with E-state index >= 15 is 0 Å². The van der Waals surface area contributed by atoms with Crippen LogP contribution in [-0.2, 0) is 0 Å². The van der Waals surface area contributed by atoms with Gasteiger partial charge in [-0.3, -0.25) is 10.4 Å². The Balaban J connectivity index is 2.37. The van der Waals surface area contributed by atoms with E-state index in [9.17, 15) is 0 Å². The summed E-state index contributed by atoms with van der Waals surface area (Å²) >= 11 is 3.46. The van der Waals surface area contributed by atoms with Crippen LogP contribution in [-0.4, -0.2) is 15.7 Å². The minimum Gasteiger partial charge on any atom is -0.299 e. The van der Waals surface area contributed by atoms with Crippen molar-refractivity contribution in [1.29, 1.82) is 5.41 Å². The van der Waals surface area contributed by atoms with E-state index in [0.29, 0.717) is 11.4 Å². The highest BCUT2D eigenvalue weighted by molar-refractivity contribution is 9.10. The molecule has 0 fully saturated rings. The van der Waals surface area contributed by atoms with Crippen molar-refractivity contribution >= 4 is 21.6 Å². The van der Waals surface area contributed by atoms with Gasteiger partial charge >= 0.3 is 0 Å². The van der Waals surface area contributed by atoms with Crippen LogP contribution in [0.3, 0.4) is 0 Å². The van der Waals surface area contributed by atoms with Crippen molar-refractivity contribution in [2.75, 3.05) is 0 Å². The lowest BCUT2D eigenvalue weighted by Crippen LogP contribution is -2.00. The Labute approximate surface area is 126 Å². The molecule has 0 radical (unpaired) electrons. The van der Waals surface area contributed by atoms with Crippen molar-refractivity contribution < 1.29 is 0 Å². The van der Waals surface area contributed by atoms with Crippen LogP contribution in [0.2, 0.25) is 0 Å². The third-order valence-corrected chi connectivity index (χ3v) is 3.02. The number of hydrogen-bond acceptors (Lipinski definition) is 3. The molecule has 0 amide bonds. The van der Waals surface area contributed by atoms with Gasteiger partial charge in [-0.05, 0) is 37.3 Å². The summed E-state index contributed by atoms with van der Waals surface area (Å²) in [5.41, 5.74) is 2.52. The lowest BCUT2D eigenvalue weighted by atomic mass is 10.2. The van der Waals surface area contributed by atoms with E-state index in [-0.39, 0.29) is 0 Å². The zero-order valence-electron chi connectivity index (χ0n) is 11.0. The molecule has 0 saturated heterocycles. The first kappa shape index (κ1) is 14.3. The van der Waals surface area contributed by atoms with Crippen molar-refractivity contribution in [3.8, 4) is 11.4 Å². The molecule has 0 aliphatic heterocycles. The number of pyridine rings is 2. The Morgan fingerprint density at radius 3 is 2.75 bits per heavy atom. The molecule has 0 bridgehead atoms. The summed E-state index contributed by atoms with van der Waals surface area (Å²) in [6, 6.07) is 9.41. The maximum atomic E-state index is 8.04. The normalized spacial score (nSPS) is 11.3. The minimum absolute atomic E-state index is 0.363. The van der Waals surface area contributed by atoms with Crippen LogP contribution in [0, 0.1) is 5.41 Å². The van der Waals surface area contributed by atoms with E-state index in [1.54, 1.807) is 12.3 Å². The number of allylic oxidation sites excluding steroid dienone is 4. The molecule has 0 unspecified atom stereocenters. The highest BCUT2D eigenvalue weighted by Gasteiger charge is 2.06. The Bertz CT molecular complexity index is 661. The molecule has 0 atom stereocenters. The zero-order chi connectivity index (χ0) is 14.4. The predicted octanol–water partition coefficient (Wildman–Crippen LogP) is 4.41. The summed E-state index contributed by atoms with van der Waals surface area (Å²) in [5.74, 6) is 0. The van der Waals surface area contributed by atoms with E-state index in [1.807, 2.05) is 55.5 Å². The molecule has 2 aromatic heterocycles. The second-order valence-electron chi connectivity index (χ2n) is 4.07. The molecule has 20 heavy (non-hydrogen) atoms. The fourth-order valence-corrected chi connectivity index (χ4v) is 2.06. The summed E-state index contributed by atoms with van der Waals surface area (Å²) in [5, 5.41) is 8.04. The molecule has 0 aromatic carbocycles. The number of nitrogens with one attached hydrogen (secondary N) is 1. The molecular formula is C16H14BrN3. The Kier molecular flexibility index (Phi) is 4.96. The quantitative estimate of drug-likeness (QED) is 0.668. The molecule has 100 valence electrons. The van der Waals surface area contributed by atoms with Crippen molar-refractivity contribution in [3.63, 3.8) is 0 Å². The molecule has 2 heterocycles. The van der Waals surface area contributed by atoms with Crippen LogP contribution in [0.4, 0.5) is 0 Å². The standard InChI is InChI=1S/C16H14BrN3/c1-2-3-4-7-13(18)15-10-12(17)11-16(20-15)14-8-5-6-9-19-14/h2-11,18H,1H3/b3-2-,7-4-,18-13?. The van der Waals surface area contributed by atoms with Crippen molar-refractivity contribution in [2.24, 2.45) is 0 Å². The number of aromatic nitrogens is 2. The van der Waals surface area contributed by atoms with Crippen LogP contribution in [0.5, 0.6) is 0 Å². The summed E-state index contributed by atoms with van der Waals surface area (Å²) in [6.07, 6.45) is 9.07. The van der Waals surface area contributed by atoms with Gasteiger partial charge in [0.15, 0.2) is 0 Å². The van der Waals surface area contributed by atoms with E-state index in [0.717, 1.165) is 15.9 Å². The number of halogens is 1. The fourth-order valence-electron chi connectivity index (χ4n) is 1.63. The maximum absolute atomic E-state index is 8.04. The second kappa shape index (κ2) is 6.91. The Morgan fingerprint density at radius 2 is 2.05 bits per heavy atom. The number of rotatable bonds is 4. The molecular weight excluding hydrogens is 314 g/mol. The third kappa shape index (κ3) is 3.71. The summed E-state index contributed by atoms with van der Waals surface area (Å²) in [4.78, 5) is 8.77. The van der Waals surface area contributed by atoms with E-state index in [4.69, 9.17) is 5.41 Å². The van der Waals surface area contributed by atoms with Crippen molar-refractivity contribution in [2.45, 2.75) is 6.92 Å². The van der Waals surface area contributed by atoms with Gasteiger partial charge in [-0.25, -0.2) is 4.98 Å². The van der Waals surface area contributed by atoms with Crippen LogP contribution in [0.1, 0.15) is 12.6 Å². The van der Waals surface area contributed by atoms with Gasteiger partial charge in [0.05, 0.1) is 22.8 Å². The van der Waals surface area contributed by atoms with Crippen molar-refractivity contribution in [3.05, 3.63) is 71.0 Å². The fraction of sp³-hybridized carbons (Fsp3) is 0.0625. The first-order valence-corrected chi connectivity index (χ1v) is 6.97. The lowest BCUT2D eigenvalue weighted by Gasteiger charge is -2.04. The predicted molar refractivity (Wildman–Crippen MR) is 86.0 cm³/mol. The minimum atomic E-state index is 0.363. The Morgan fingerprint density at radius 1 is 1.20 bits per heavy atom. The first-order valence-electron chi connectivity index (χ1n) is 6.18. The number of hydrogen-bond donors (Lipinski definition) is 1. The van der Waals surface area contributed by atoms with Crippen LogP contribution < -0.4 is 0 Å². The molecule has 0 saturated carbocycles. The highest BCUT2D eigenvalue weighted by atomic mass is 79.9. The SMILES string of the molecule is C/C=C\C=C/C(=N)c1cc(Br)cc(-c2ccccn2)n1. The van der Waals surface area contributed by atoms with E-state index in [2.05, 4.69) is 25.9 Å². The first-order chi connectivity index (χ1) is 9.70. The van der Waals surface area contributed by atoms with Gasteiger partial charge in [0.1, 0.15) is 0 Å². The van der Waals surface area contributed by atoms with Crippen LogP contribution >= 0.6 is 15.9 Å². The van der Waals surface area contributed by atoms with Crippen LogP contribution in [0.15, 0.2) is 65.3 Å². The average molecular weight is 328 g/mol. The molecule has 0 spiro atoms. The molecule has 0 aliphatic carbocycles. The Hall–Kier alpha value is -2.07. The molecule has 3 nitrogen and oxygen atoms in total. The van der Waals surface area contributed by atoms with Gasteiger partial charge in [0.25, 0.3) is 0 Å². The monoisotopic (exact) mass is 327 g/mol. The lowest BCUT2D eigenvalue weighted by molar-refractivity contribution is 1.22. The number of nitrogens with zero attached hydrogens (tertiary/aromatic N) is 2. The summed E-state index contributed by atoms with van der Waals surface area (Å²) < 4.78 is 0.882.